The molecule has 1 heterocycles. The predicted molar refractivity (Wildman–Crippen MR) is 125 cm³/mol. The van der Waals surface area contributed by atoms with E-state index in [0.29, 0.717) is 12.3 Å². The standard InChI is InChI=1S/C25H32N2O3S/c1-26(17-11-3-2-6-12-21-13-7-4-8-14-21)24(29)19-27-23(28)18-25(27)31(30)20-22-15-9-5-10-16-22/h4-5,7-10,13-16,25H,2-3,6,11-12,17-20H2,1H3. The molecule has 0 aromatic heterocycles. The minimum atomic E-state index is -1.20. The van der Waals surface area contributed by atoms with E-state index >= 15 is 0 Å². The van der Waals surface area contributed by atoms with Crippen molar-refractivity contribution in [1.82, 2.24) is 9.80 Å². The van der Waals surface area contributed by atoms with E-state index < -0.39 is 10.8 Å². The van der Waals surface area contributed by atoms with Crippen LogP contribution < -0.4 is 0 Å². The summed E-state index contributed by atoms with van der Waals surface area (Å²) < 4.78 is 12.7. The zero-order valence-corrected chi connectivity index (χ0v) is 19.1. The van der Waals surface area contributed by atoms with Crippen molar-refractivity contribution in [3.05, 3.63) is 71.8 Å². The topological polar surface area (TPSA) is 57.7 Å². The van der Waals surface area contributed by atoms with Gasteiger partial charge in [-0.2, -0.15) is 0 Å². The molecule has 2 unspecified atom stereocenters. The average molecular weight is 441 g/mol. The molecule has 0 aliphatic carbocycles. The maximum absolute atomic E-state index is 12.7. The summed E-state index contributed by atoms with van der Waals surface area (Å²) in [6, 6.07) is 20.1. The zero-order chi connectivity index (χ0) is 22.1. The first-order chi connectivity index (χ1) is 15.0. The highest BCUT2D eigenvalue weighted by Crippen LogP contribution is 2.24. The largest absolute Gasteiger partial charge is 0.344 e. The van der Waals surface area contributed by atoms with Crippen molar-refractivity contribution < 1.29 is 13.8 Å². The monoisotopic (exact) mass is 440 g/mol. The molecule has 0 radical (unpaired) electrons. The Labute approximate surface area is 187 Å². The first kappa shape index (κ1) is 23.2. The van der Waals surface area contributed by atoms with E-state index in [1.54, 1.807) is 11.9 Å². The van der Waals surface area contributed by atoms with Gasteiger partial charge in [0.1, 0.15) is 11.9 Å². The van der Waals surface area contributed by atoms with Crippen LogP contribution in [-0.2, 0) is 32.6 Å². The molecule has 2 aromatic carbocycles. The summed E-state index contributed by atoms with van der Waals surface area (Å²) in [5, 5.41) is -0.358. The third-order valence-electron chi connectivity index (χ3n) is 5.76. The van der Waals surface area contributed by atoms with Gasteiger partial charge in [0.25, 0.3) is 0 Å². The first-order valence-electron chi connectivity index (χ1n) is 11.0. The fraction of sp³-hybridized carbons (Fsp3) is 0.440. The van der Waals surface area contributed by atoms with Crippen molar-refractivity contribution in [3.8, 4) is 0 Å². The van der Waals surface area contributed by atoms with Gasteiger partial charge in [-0.15, -0.1) is 0 Å². The van der Waals surface area contributed by atoms with Crippen LogP contribution in [-0.4, -0.2) is 51.3 Å². The Balaban J connectivity index is 1.34. The molecule has 1 fully saturated rings. The minimum absolute atomic E-state index is 0.0224. The number of amides is 2. The molecule has 0 N–H and O–H groups in total. The van der Waals surface area contributed by atoms with Gasteiger partial charge < -0.3 is 9.80 Å². The van der Waals surface area contributed by atoms with Crippen LogP contribution in [0.15, 0.2) is 60.7 Å². The van der Waals surface area contributed by atoms with Gasteiger partial charge >= 0.3 is 0 Å². The summed E-state index contributed by atoms with van der Waals surface area (Å²) in [6.45, 7) is 0.707. The molecular weight excluding hydrogens is 408 g/mol. The van der Waals surface area contributed by atoms with Gasteiger partial charge in [-0.05, 0) is 30.4 Å². The molecule has 1 aliphatic heterocycles. The molecule has 0 bridgehead atoms. The number of β-lactam (4-membered cyclic amide) rings is 1. The lowest BCUT2D eigenvalue weighted by atomic mass is 10.1. The van der Waals surface area contributed by atoms with Crippen LogP contribution in [0.2, 0.25) is 0 Å². The number of unbranched alkanes of at least 4 members (excludes halogenated alkanes) is 3. The third-order valence-corrected chi connectivity index (χ3v) is 7.40. The van der Waals surface area contributed by atoms with E-state index in [-0.39, 0.29) is 30.2 Å². The second-order valence-electron chi connectivity index (χ2n) is 8.16. The van der Waals surface area contributed by atoms with Crippen molar-refractivity contribution in [2.75, 3.05) is 20.1 Å². The average Bonchev–Trinajstić information content (AvgIpc) is 2.79. The number of aryl methyl sites for hydroxylation is 1. The molecule has 31 heavy (non-hydrogen) atoms. The second kappa shape index (κ2) is 11.8. The molecule has 0 saturated carbocycles. The van der Waals surface area contributed by atoms with E-state index in [2.05, 4.69) is 24.3 Å². The molecule has 2 atom stereocenters. The van der Waals surface area contributed by atoms with Crippen molar-refractivity contribution in [1.29, 1.82) is 0 Å². The summed E-state index contributed by atoms with van der Waals surface area (Å²) in [7, 11) is 0.584. The maximum Gasteiger partial charge on any atom is 0.241 e. The van der Waals surface area contributed by atoms with Crippen LogP contribution >= 0.6 is 0 Å². The van der Waals surface area contributed by atoms with Gasteiger partial charge in [-0.25, -0.2) is 0 Å². The molecule has 3 rings (SSSR count). The van der Waals surface area contributed by atoms with Crippen molar-refractivity contribution in [3.63, 3.8) is 0 Å². The predicted octanol–water partition coefficient (Wildman–Crippen LogP) is 3.76. The number of hydrogen-bond donors (Lipinski definition) is 0. The van der Waals surface area contributed by atoms with Crippen molar-refractivity contribution >= 4 is 22.6 Å². The molecule has 0 spiro atoms. The summed E-state index contributed by atoms with van der Waals surface area (Å²) in [5.41, 5.74) is 2.35. The maximum atomic E-state index is 12.7. The van der Waals surface area contributed by atoms with E-state index in [4.69, 9.17) is 0 Å². The molecule has 5 nitrogen and oxygen atoms in total. The molecule has 166 valence electrons. The molecule has 1 saturated heterocycles. The fourth-order valence-corrected chi connectivity index (χ4v) is 5.27. The minimum Gasteiger partial charge on any atom is -0.344 e. The van der Waals surface area contributed by atoms with Crippen LogP contribution in [0.5, 0.6) is 0 Å². The number of carbonyl (C=O) groups excluding carboxylic acids is 2. The SMILES string of the molecule is CN(CCCCCCc1ccccc1)C(=O)CN1C(=O)CC1S(=O)Cc1ccccc1. The van der Waals surface area contributed by atoms with Crippen LogP contribution in [0.3, 0.4) is 0 Å². The molecule has 6 heteroatoms. The number of hydrogen-bond acceptors (Lipinski definition) is 3. The fourth-order valence-electron chi connectivity index (χ4n) is 3.75. The lowest BCUT2D eigenvalue weighted by Crippen LogP contribution is -2.57. The molecule has 2 amide bonds. The van der Waals surface area contributed by atoms with Crippen LogP contribution in [0.1, 0.15) is 43.2 Å². The summed E-state index contributed by atoms with van der Waals surface area (Å²) in [6.07, 6.45) is 5.68. The summed E-state index contributed by atoms with van der Waals surface area (Å²) in [5.74, 6) is 0.232. The van der Waals surface area contributed by atoms with Gasteiger partial charge in [-0.1, -0.05) is 73.5 Å². The number of likely N-dealkylation sites (tertiary alicyclic amines) is 1. The quantitative estimate of drug-likeness (QED) is 0.373. The smallest absolute Gasteiger partial charge is 0.241 e. The van der Waals surface area contributed by atoms with Crippen LogP contribution in [0, 0.1) is 0 Å². The third kappa shape index (κ3) is 7.03. The lowest BCUT2D eigenvalue weighted by molar-refractivity contribution is -0.148. The number of nitrogens with zero attached hydrogens (tertiary/aromatic N) is 2. The van der Waals surface area contributed by atoms with Gasteiger partial charge in [0, 0.05) is 24.4 Å². The summed E-state index contributed by atoms with van der Waals surface area (Å²) in [4.78, 5) is 27.8. The lowest BCUT2D eigenvalue weighted by Gasteiger charge is -2.39. The van der Waals surface area contributed by atoms with E-state index in [0.717, 1.165) is 37.7 Å². The number of rotatable bonds is 12. The van der Waals surface area contributed by atoms with E-state index in [9.17, 15) is 13.8 Å². The van der Waals surface area contributed by atoms with Gasteiger partial charge in [0.15, 0.2) is 0 Å². The first-order valence-corrected chi connectivity index (χ1v) is 12.4. The van der Waals surface area contributed by atoms with E-state index in [1.165, 1.54) is 10.5 Å². The Morgan fingerprint density at radius 1 is 0.968 bits per heavy atom. The Kier molecular flexibility index (Phi) is 8.83. The van der Waals surface area contributed by atoms with E-state index in [1.807, 2.05) is 36.4 Å². The number of likely N-dealkylation sites (N-methyl/N-ethyl adjacent to an activating group) is 1. The molecule has 1 aliphatic rings. The van der Waals surface area contributed by atoms with Gasteiger partial charge in [0.2, 0.25) is 11.8 Å². The van der Waals surface area contributed by atoms with Crippen molar-refractivity contribution in [2.45, 2.75) is 49.7 Å². The number of carbonyl (C=O) groups is 2. The Bertz CT molecular complexity index is 873. The zero-order valence-electron chi connectivity index (χ0n) is 18.2. The van der Waals surface area contributed by atoms with Crippen LogP contribution in [0.25, 0.3) is 0 Å². The Morgan fingerprint density at radius 3 is 2.23 bits per heavy atom. The molecular formula is C25H32N2O3S. The number of benzene rings is 2. The summed E-state index contributed by atoms with van der Waals surface area (Å²) >= 11 is 0. The normalized spacial score (nSPS) is 16.6. The Morgan fingerprint density at radius 2 is 1.58 bits per heavy atom. The highest BCUT2D eigenvalue weighted by atomic mass is 32.2. The van der Waals surface area contributed by atoms with Crippen LogP contribution in [0.4, 0.5) is 0 Å². The highest BCUT2D eigenvalue weighted by Gasteiger charge is 2.41. The molecule has 2 aromatic rings. The van der Waals surface area contributed by atoms with Crippen molar-refractivity contribution in [2.24, 2.45) is 0 Å². The highest BCUT2D eigenvalue weighted by molar-refractivity contribution is 7.85. The van der Waals surface area contributed by atoms with Gasteiger partial charge in [0.05, 0.1) is 12.2 Å². The van der Waals surface area contributed by atoms with Gasteiger partial charge in [-0.3, -0.25) is 13.8 Å². The second-order valence-corrected chi connectivity index (χ2v) is 9.75. The Hall–Kier alpha value is -2.47.